The lowest BCUT2D eigenvalue weighted by Gasteiger charge is -2.01. The maximum atomic E-state index is 10.8. The Balaban J connectivity index is 2.64. The quantitative estimate of drug-likeness (QED) is 0.745. The van der Waals surface area contributed by atoms with E-state index in [-0.39, 0.29) is 11.8 Å². The van der Waals surface area contributed by atoms with Crippen LogP contribution in [0, 0.1) is 0 Å². The summed E-state index contributed by atoms with van der Waals surface area (Å²) in [6.07, 6.45) is 3.91. The lowest BCUT2D eigenvalue weighted by Crippen LogP contribution is -2.13. The molecule has 1 rings (SSSR count). The molecule has 0 aliphatic carbocycles. The lowest BCUT2D eigenvalue weighted by atomic mass is 10.4. The van der Waals surface area contributed by atoms with Gasteiger partial charge in [-0.05, 0) is 0 Å². The van der Waals surface area contributed by atoms with Crippen LogP contribution in [0.25, 0.3) is 0 Å². The summed E-state index contributed by atoms with van der Waals surface area (Å²) < 4.78 is 0. The van der Waals surface area contributed by atoms with E-state index in [2.05, 4.69) is 15.3 Å². The molecule has 0 unspecified atom stereocenters. The summed E-state index contributed by atoms with van der Waals surface area (Å²) in [6.45, 7) is 1.96. The van der Waals surface area contributed by atoms with E-state index in [1.165, 1.54) is 0 Å². The summed E-state index contributed by atoms with van der Waals surface area (Å²) in [5, 5.41) is 2.55. The Bertz CT molecular complexity index is 286. The highest BCUT2D eigenvalue weighted by Crippen LogP contribution is 2.02. The molecule has 1 amide bonds. The number of carbonyl (C=O) groups excluding carboxylic acids is 1. The molecular formula is C8H10ClN3O. The third kappa shape index (κ3) is 2.99. The number of amides is 1. The van der Waals surface area contributed by atoms with Crippen LogP contribution in [-0.4, -0.2) is 21.8 Å². The third-order valence-corrected chi connectivity index (χ3v) is 1.67. The predicted octanol–water partition coefficient (Wildman–Crippen LogP) is 1.22. The molecule has 5 heteroatoms. The molecule has 1 aromatic heterocycles. The zero-order valence-electron chi connectivity index (χ0n) is 7.25. The molecule has 0 aromatic carbocycles. The maximum Gasteiger partial charge on any atom is 0.239 e. The topological polar surface area (TPSA) is 54.9 Å². The minimum atomic E-state index is -0.255. The van der Waals surface area contributed by atoms with Gasteiger partial charge in [-0.25, -0.2) is 9.97 Å². The normalized spacial score (nSPS) is 9.69. The lowest BCUT2D eigenvalue weighted by molar-refractivity contribution is -0.113. The molecule has 0 spiro atoms. The number of hydrogen-bond acceptors (Lipinski definition) is 3. The fraction of sp³-hybridized carbons (Fsp3) is 0.375. The third-order valence-electron chi connectivity index (χ3n) is 1.43. The van der Waals surface area contributed by atoms with Gasteiger partial charge in [-0.15, -0.1) is 11.6 Å². The molecule has 0 saturated carbocycles. The van der Waals surface area contributed by atoms with Gasteiger partial charge >= 0.3 is 0 Å². The van der Waals surface area contributed by atoms with Crippen LogP contribution < -0.4 is 5.32 Å². The van der Waals surface area contributed by atoms with Crippen LogP contribution in [0.3, 0.4) is 0 Å². The van der Waals surface area contributed by atoms with E-state index in [4.69, 9.17) is 11.6 Å². The van der Waals surface area contributed by atoms with Crippen LogP contribution in [0.2, 0.25) is 0 Å². The Hall–Kier alpha value is -1.16. The Labute approximate surface area is 81.3 Å². The van der Waals surface area contributed by atoms with Crippen molar-refractivity contribution in [3.05, 3.63) is 18.2 Å². The van der Waals surface area contributed by atoms with Gasteiger partial charge in [-0.3, -0.25) is 4.79 Å². The molecule has 0 aliphatic heterocycles. The number of aryl methyl sites for hydroxylation is 1. The van der Waals surface area contributed by atoms with Crippen molar-refractivity contribution in [3.8, 4) is 0 Å². The van der Waals surface area contributed by atoms with Crippen molar-refractivity contribution in [1.29, 1.82) is 0 Å². The van der Waals surface area contributed by atoms with Gasteiger partial charge in [0.1, 0.15) is 11.7 Å². The molecule has 1 heterocycles. The average Bonchev–Trinajstić information content (AvgIpc) is 2.19. The number of alkyl halides is 1. The van der Waals surface area contributed by atoms with Crippen molar-refractivity contribution in [2.45, 2.75) is 13.3 Å². The number of hydrogen-bond donors (Lipinski definition) is 1. The summed E-state index contributed by atoms with van der Waals surface area (Å²) in [4.78, 5) is 18.9. The highest BCUT2D eigenvalue weighted by atomic mass is 35.5. The fourth-order valence-electron chi connectivity index (χ4n) is 0.796. The molecule has 0 radical (unpaired) electrons. The molecule has 0 saturated heterocycles. The number of carbonyl (C=O) groups is 1. The molecule has 0 bridgehead atoms. The second-order valence-electron chi connectivity index (χ2n) is 2.42. The first-order valence-corrected chi connectivity index (χ1v) is 4.46. The van der Waals surface area contributed by atoms with E-state index in [1.807, 2.05) is 6.92 Å². The largest absolute Gasteiger partial charge is 0.322 e. The smallest absolute Gasteiger partial charge is 0.239 e. The van der Waals surface area contributed by atoms with Crippen LogP contribution in [-0.2, 0) is 11.2 Å². The average molecular weight is 200 g/mol. The molecule has 13 heavy (non-hydrogen) atoms. The van der Waals surface area contributed by atoms with Crippen LogP contribution in [0.4, 0.5) is 5.69 Å². The molecule has 4 nitrogen and oxygen atoms in total. The number of aromatic nitrogens is 2. The number of nitrogens with zero attached hydrogens (tertiary/aromatic N) is 2. The monoisotopic (exact) mass is 199 g/mol. The Morgan fingerprint density at radius 2 is 2.15 bits per heavy atom. The maximum absolute atomic E-state index is 10.8. The van der Waals surface area contributed by atoms with Gasteiger partial charge in [-0.2, -0.15) is 0 Å². The molecular weight excluding hydrogens is 190 g/mol. The summed E-state index contributed by atoms with van der Waals surface area (Å²) in [6, 6.07) is 0. The van der Waals surface area contributed by atoms with Crippen molar-refractivity contribution < 1.29 is 4.79 Å². The number of rotatable bonds is 3. The van der Waals surface area contributed by atoms with Gasteiger partial charge in [0.15, 0.2) is 0 Å². The van der Waals surface area contributed by atoms with E-state index in [1.54, 1.807) is 12.4 Å². The van der Waals surface area contributed by atoms with Gasteiger partial charge in [0.25, 0.3) is 0 Å². The minimum absolute atomic E-state index is 0.0600. The molecule has 1 N–H and O–H groups in total. The Morgan fingerprint density at radius 3 is 2.62 bits per heavy atom. The minimum Gasteiger partial charge on any atom is -0.322 e. The van der Waals surface area contributed by atoms with Crippen LogP contribution >= 0.6 is 11.6 Å². The first-order valence-electron chi connectivity index (χ1n) is 3.93. The van der Waals surface area contributed by atoms with E-state index in [0.29, 0.717) is 5.69 Å². The molecule has 0 atom stereocenters. The zero-order chi connectivity index (χ0) is 9.68. The van der Waals surface area contributed by atoms with Crippen LogP contribution in [0.5, 0.6) is 0 Å². The second kappa shape index (κ2) is 4.77. The van der Waals surface area contributed by atoms with Crippen molar-refractivity contribution in [1.82, 2.24) is 9.97 Å². The van der Waals surface area contributed by atoms with Gasteiger partial charge < -0.3 is 5.32 Å². The summed E-state index contributed by atoms with van der Waals surface area (Å²) >= 11 is 5.31. The van der Waals surface area contributed by atoms with E-state index in [9.17, 15) is 4.79 Å². The summed E-state index contributed by atoms with van der Waals surface area (Å²) in [7, 11) is 0. The highest BCUT2D eigenvalue weighted by Gasteiger charge is 2.00. The first kappa shape index (κ1) is 9.92. The second-order valence-corrected chi connectivity index (χ2v) is 2.69. The van der Waals surface area contributed by atoms with Crippen molar-refractivity contribution in [2.75, 3.05) is 11.2 Å². The van der Waals surface area contributed by atoms with Gasteiger partial charge in [0.2, 0.25) is 5.91 Å². The summed E-state index contributed by atoms with van der Waals surface area (Å²) in [5.74, 6) is 0.439. The van der Waals surface area contributed by atoms with E-state index in [0.717, 1.165) is 12.2 Å². The zero-order valence-corrected chi connectivity index (χ0v) is 8.01. The van der Waals surface area contributed by atoms with Crippen LogP contribution in [0.1, 0.15) is 12.7 Å². The summed E-state index contributed by atoms with van der Waals surface area (Å²) in [5.41, 5.74) is 0.572. The first-order chi connectivity index (χ1) is 6.26. The number of halogens is 1. The molecule has 70 valence electrons. The van der Waals surface area contributed by atoms with Gasteiger partial charge in [0, 0.05) is 6.42 Å². The van der Waals surface area contributed by atoms with E-state index >= 15 is 0 Å². The number of nitrogens with one attached hydrogen (secondary N) is 1. The van der Waals surface area contributed by atoms with Crippen molar-refractivity contribution in [2.24, 2.45) is 0 Å². The fourth-order valence-corrected chi connectivity index (χ4v) is 0.863. The Morgan fingerprint density at radius 1 is 1.54 bits per heavy atom. The molecule has 0 fully saturated rings. The number of anilines is 1. The van der Waals surface area contributed by atoms with Crippen molar-refractivity contribution in [3.63, 3.8) is 0 Å². The van der Waals surface area contributed by atoms with Crippen molar-refractivity contribution >= 4 is 23.2 Å². The van der Waals surface area contributed by atoms with Gasteiger partial charge in [0.05, 0.1) is 18.1 Å². The van der Waals surface area contributed by atoms with Crippen LogP contribution in [0.15, 0.2) is 12.4 Å². The Kier molecular flexibility index (Phi) is 3.64. The highest BCUT2D eigenvalue weighted by molar-refractivity contribution is 6.29. The molecule has 1 aromatic rings. The van der Waals surface area contributed by atoms with Gasteiger partial charge in [-0.1, -0.05) is 6.92 Å². The van der Waals surface area contributed by atoms with E-state index < -0.39 is 0 Å². The SMILES string of the molecule is CCc1ncc(NC(=O)CCl)cn1. The molecule has 0 aliphatic rings. The predicted molar refractivity (Wildman–Crippen MR) is 50.8 cm³/mol. The standard InChI is InChI=1S/C8H10ClN3O/c1-2-7-10-4-6(5-11-7)12-8(13)3-9/h4-5H,2-3H2,1H3,(H,12,13).